The van der Waals surface area contributed by atoms with Crippen LogP contribution in [-0.4, -0.2) is 20.7 Å². The van der Waals surface area contributed by atoms with Crippen molar-refractivity contribution in [2.45, 2.75) is 20.4 Å². The number of aromatic nitrogens is 3. The van der Waals surface area contributed by atoms with Crippen LogP contribution in [0.15, 0.2) is 48.7 Å². The molecule has 2 aromatic carbocycles. The molecule has 27 heavy (non-hydrogen) atoms. The Hall–Kier alpha value is -2.70. The van der Waals surface area contributed by atoms with Crippen LogP contribution in [0.3, 0.4) is 0 Å². The summed E-state index contributed by atoms with van der Waals surface area (Å²) in [5, 5.41) is 8.32. The Bertz CT molecular complexity index is 1130. The van der Waals surface area contributed by atoms with Crippen molar-refractivity contribution < 1.29 is 4.79 Å². The molecule has 0 saturated carbocycles. The van der Waals surface area contributed by atoms with Gasteiger partial charge in [0.1, 0.15) is 5.01 Å². The summed E-state index contributed by atoms with van der Waals surface area (Å²) in [6.07, 6.45) is 1.65. The number of rotatable bonds is 4. The third kappa shape index (κ3) is 3.59. The molecule has 5 nitrogen and oxygen atoms in total. The lowest BCUT2D eigenvalue weighted by Gasteiger charge is -2.04. The number of anilines is 1. The minimum absolute atomic E-state index is 0.226. The number of fused-ring (bicyclic) bond motifs is 1. The average Bonchev–Trinajstić information content (AvgIpc) is 3.25. The first-order chi connectivity index (χ1) is 13.0. The molecule has 0 aliphatic rings. The van der Waals surface area contributed by atoms with Crippen LogP contribution in [0.5, 0.6) is 0 Å². The number of hydrogen-bond acceptors (Lipinski definition) is 4. The van der Waals surface area contributed by atoms with Gasteiger partial charge in [0.15, 0.2) is 5.69 Å². The SMILES string of the molecule is CCn1cc(Cl)c(C(=O)Nc2ccc(-c3nc4ccc(C)cc4s3)cc2)n1. The molecule has 0 atom stereocenters. The van der Waals surface area contributed by atoms with E-state index < -0.39 is 0 Å². The van der Waals surface area contributed by atoms with Gasteiger partial charge in [0, 0.05) is 24.0 Å². The zero-order valence-electron chi connectivity index (χ0n) is 14.9. The second kappa shape index (κ2) is 7.13. The summed E-state index contributed by atoms with van der Waals surface area (Å²) in [5.74, 6) is -0.324. The maximum absolute atomic E-state index is 12.4. The van der Waals surface area contributed by atoms with Crippen molar-refractivity contribution in [3.63, 3.8) is 0 Å². The molecule has 4 aromatic rings. The first-order valence-electron chi connectivity index (χ1n) is 8.55. The molecule has 0 bridgehead atoms. The van der Waals surface area contributed by atoms with Crippen LogP contribution in [0.25, 0.3) is 20.8 Å². The topological polar surface area (TPSA) is 59.8 Å². The number of halogens is 1. The molecule has 0 saturated heterocycles. The largest absolute Gasteiger partial charge is 0.321 e. The van der Waals surface area contributed by atoms with Gasteiger partial charge in [-0.15, -0.1) is 11.3 Å². The highest BCUT2D eigenvalue weighted by Crippen LogP contribution is 2.31. The lowest BCUT2D eigenvalue weighted by Crippen LogP contribution is -2.13. The molecule has 7 heteroatoms. The van der Waals surface area contributed by atoms with E-state index in [-0.39, 0.29) is 11.6 Å². The predicted molar refractivity (Wildman–Crippen MR) is 111 cm³/mol. The predicted octanol–water partition coefficient (Wildman–Crippen LogP) is 5.39. The lowest BCUT2D eigenvalue weighted by molar-refractivity contribution is 0.102. The van der Waals surface area contributed by atoms with Gasteiger partial charge in [-0.25, -0.2) is 4.98 Å². The Morgan fingerprint density at radius 1 is 1.22 bits per heavy atom. The summed E-state index contributed by atoms with van der Waals surface area (Å²) in [6, 6.07) is 13.9. The Balaban J connectivity index is 1.54. The average molecular weight is 397 g/mol. The summed E-state index contributed by atoms with van der Waals surface area (Å²) < 4.78 is 2.80. The van der Waals surface area contributed by atoms with E-state index in [0.717, 1.165) is 16.1 Å². The number of nitrogens with one attached hydrogen (secondary N) is 1. The fourth-order valence-electron chi connectivity index (χ4n) is 2.75. The van der Waals surface area contributed by atoms with Gasteiger partial charge in [-0.3, -0.25) is 9.48 Å². The normalized spacial score (nSPS) is 11.1. The lowest BCUT2D eigenvalue weighted by atomic mass is 10.2. The molecule has 0 aliphatic heterocycles. The molecular weight excluding hydrogens is 380 g/mol. The van der Waals surface area contributed by atoms with E-state index >= 15 is 0 Å². The first-order valence-corrected chi connectivity index (χ1v) is 9.75. The summed E-state index contributed by atoms with van der Waals surface area (Å²) in [5.41, 5.74) is 4.14. The highest BCUT2D eigenvalue weighted by Gasteiger charge is 2.15. The molecule has 4 rings (SSSR count). The molecule has 0 fully saturated rings. The van der Waals surface area contributed by atoms with Gasteiger partial charge in [-0.05, 0) is 55.8 Å². The molecule has 0 aliphatic carbocycles. The standard InChI is InChI=1S/C20H17ClN4OS/c1-3-25-11-15(21)18(24-25)19(26)22-14-7-5-13(6-8-14)20-23-16-9-4-12(2)10-17(16)27-20/h4-11H,3H2,1-2H3,(H,22,26). The summed E-state index contributed by atoms with van der Waals surface area (Å²) in [6.45, 7) is 4.67. The van der Waals surface area contributed by atoms with Gasteiger partial charge in [-0.1, -0.05) is 17.7 Å². The van der Waals surface area contributed by atoms with Crippen LogP contribution in [0.2, 0.25) is 5.02 Å². The second-order valence-corrected chi connectivity index (χ2v) is 7.64. The van der Waals surface area contributed by atoms with Crippen molar-refractivity contribution in [1.29, 1.82) is 0 Å². The Labute approximate surface area is 165 Å². The van der Waals surface area contributed by atoms with Gasteiger partial charge in [0.2, 0.25) is 0 Å². The second-order valence-electron chi connectivity index (χ2n) is 6.20. The van der Waals surface area contributed by atoms with Gasteiger partial charge in [0.05, 0.1) is 15.2 Å². The van der Waals surface area contributed by atoms with E-state index in [1.807, 2.05) is 37.3 Å². The molecule has 136 valence electrons. The fraction of sp³-hybridized carbons (Fsp3) is 0.150. The first kappa shape index (κ1) is 17.7. The quantitative estimate of drug-likeness (QED) is 0.502. The Morgan fingerprint density at radius 2 is 2.00 bits per heavy atom. The van der Waals surface area contributed by atoms with Crippen molar-refractivity contribution in [2.75, 3.05) is 5.32 Å². The number of hydrogen-bond donors (Lipinski definition) is 1. The Kier molecular flexibility index (Phi) is 4.68. The van der Waals surface area contributed by atoms with Crippen LogP contribution < -0.4 is 5.32 Å². The minimum Gasteiger partial charge on any atom is -0.321 e. The minimum atomic E-state index is -0.324. The molecular formula is C20H17ClN4OS. The summed E-state index contributed by atoms with van der Waals surface area (Å²) in [7, 11) is 0. The van der Waals surface area contributed by atoms with Crippen molar-refractivity contribution >= 4 is 44.7 Å². The maximum Gasteiger partial charge on any atom is 0.277 e. The number of thiazole rings is 1. The van der Waals surface area contributed by atoms with Crippen molar-refractivity contribution in [3.8, 4) is 10.6 Å². The third-order valence-electron chi connectivity index (χ3n) is 4.19. The summed E-state index contributed by atoms with van der Waals surface area (Å²) in [4.78, 5) is 17.1. The zero-order valence-corrected chi connectivity index (χ0v) is 16.4. The maximum atomic E-state index is 12.4. The van der Waals surface area contributed by atoms with Crippen molar-refractivity contribution in [1.82, 2.24) is 14.8 Å². The van der Waals surface area contributed by atoms with Gasteiger partial charge in [-0.2, -0.15) is 5.10 Å². The van der Waals surface area contributed by atoms with Crippen LogP contribution in [-0.2, 0) is 6.54 Å². The van der Waals surface area contributed by atoms with E-state index in [0.29, 0.717) is 17.3 Å². The number of carbonyl (C=O) groups excluding carboxylic acids is 1. The van der Waals surface area contributed by atoms with E-state index in [2.05, 4.69) is 34.5 Å². The molecule has 2 heterocycles. The molecule has 0 radical (unpaired) electrons. The number of nitrogens with zero attached hydrogens (tertiary/aromatic N) is 3. The van der Waals surface area contributed by atoms with Gasteiger partial charge < -0.3 is 5.32 Å². The van der Waals surface area contributed by atoms with Crippen molar-refractivity contribution in [3.05, 3.63) is 64.9 Å². The number of carbonyl (C=O) groups is 1. The van der Waals surface area contributed by atoms with Crippen molar-refractivity contribution in [2.24, 2.45) is 0 Å². The highest BCUT2D eigenvalue weighted by atomic mass is 35.5. The third-order valence-corrected chi connectivity index (χ3v) is 5.53. The van der Waals surface area contributed by atoms with Crippen LogP contribution >= 0.6 is 22.9 Å². The van der Waals surface area contributed by atoms with Gasteiger partial charge >= 0.3 is 0 Å². The molecule has 2 aromatic heterocycles. The molecule has 1 amide bonds. The highest BCUT2D eigenvalue weighted by molar-refractivity contribution is 7.21. The number of amides is 1. The van der Waals surface area contributed by atoms with Gasteiger partial charge in [0.25, 0.3) is 5.91 Å². The monoisotopic (exact) mass is 396 g/mol. The van der Waals surface area contributed by atoms with Crippen LogP contribution in [0, 0.1) is 6.92 Å². The van der Waals surface area contributed by atoms with E-state index in [9.17, 15) is 4.79 Å². The van der Waals surface area contributed by atoms with E-state index in [1.54, 1.807) is 22.2 Å². The smallest absolute Gasteiger partial charge is 0.277 e. The number of aryl methyl sites for hydroxylation is 2. The van der Waals surface area contributed by atoms with Crippen LogP contribution in [0.1, 0.15) is 23.0 Å². The Morgan fingerprint density at radius 3 is 2.70 bits per heavy atom. The number of benzene rings is 2. The fourth-order valence-corrected chi connectivity index (χ4v) is 4.06. The zero-order chi connectivity index (χ0) is 19.0. The molecule has 1 N–H and O–H groups in total. The summed E-state index contributed by atoms with van der Waals surface area (Å²) >= 11 is 7.75. The van der Waals surface area contributed by atoms with Crippen LogP contribution in [0.4, 0.5) is 5.69 Å². The van der Waals surface area contributed by atoms with E-state index in [4.69, 9.17) is 11.6 Å². The van der Waals surface area contributed by atoms with E-state index in [1.165, 1.54) is 10.3 Å². The molecule has 0 unspecified atom stereocenters. The molecule has 0 spiro atoms.